The predicted molar refractivity (Wildman–Crippen MR) is 57.8 cm³/mol. The SMILES string of the molecule is O=C(N[C@@H]1CCCC[C@H]1O)c1cnccn1. The Balaban J connectivity index is 1.96. The molecule has 16 heavy (non-hydrogen) atoms. The van der Waals surface area contributed by atoms with Gasteiger partial charge in [0.05, 0.1) is 18.3 Å². The molecule has 0 aromatic carbocycles. The molecular weight excluding hydrogens is 206 g/mol. The van der Waals surface area contributed by atoms with E-state index in [1.54, 1.807) is 0 Å². The van der Waals surface area contributed by atoms with Crippen molar-refractivity contribution >= 4 is 5.91 Å². The molecule has 2 N–H and O–H groups in total. The van der Waals surface area contributed by atoms with Crippen LogP contribution in [0.5, 0.6) is 0 Å². The van der Waals surface area contributed by atoms with Crippen molar-refractivity contribution in [2.45, 2.75) is 37.8 Å². The van der Waals surface area contributed by atoms with E-state index in [1.807, 2.05) is 0 Å². The summed E-state index contributed by atoms with van der Waals surface area (Å²) in [5.74, 6) is -0.265. The number of carbonyl (C=O) groups excluding carboxylic acids is 1. The summed E-state index contributed by atoms with van der Waals surface area (Å²) in [6.45, 7) is 0. The fraction of sp³-hybridized carbons (Fsp3) is 0.545. The molecule has 1 aromatic heterocycles. The van der Waals surface area contributed by atoms with Crippen molar-refractivity contribution in [2.24, 2.45) is 0 Å². The first-order valence-corrected chi connectivity index (χ1v) is 5.52. The Labute approximate surface area is 93.9 Å². The Morgan fingerprint density at radius 2 is 2.19 bits per heavy atom. The first-order valence-electron chi connectivity index (χ1n) is 5.52. The van der Waals surface area contributed by atoms with Crippen LogP contribution in [0.3, 0.4) is 0 Å². The van der Waals surface area contributed by atoms with Crippen molar-refractivity contribution in [1.82, 2.24) is 15.3 Å². The number of hydrogen-bond donors (Lipinski definition) is 2. The highest BCUT2D eigenvalue weighted by atomic mass is 16.3. The number of rotatable bonds is 2. The fourth-order valence-electron chi connectivity index (χ4n) is 1.94. The number of nitrogens with zero attached hydrogens (tertiary/aromatic N) is 2. The zero-order chi connectivity index (χ0) is 11.4. The summed E-state index contributed by atoms with van der Waals surface area (Å²) < 4.78 is 0. The number of hydrogen-bond acceptors (Lipinski definition) is 4. The van der Waals surface area contributed by atoms with Gasteiger partial charge in [0, 0.05) is 12.4 Å². The van der Waals surface area contributed by atoms with E-state index in [4.69, 9.17) is 0 Å². The fourth-order valence-corrected chi connectivity index (χ4v) is 1.94. The molecule has 0 aliphatic heterocycles. The number of amides is 1. The third kappa shape index (κ3) is 2.55. The normalized spacial score (nSPS) is 25.1. The summed E-state index contributed by atoms with van der Waals surface area (Å²) in [6, 6.07) is -0.150. The molecule has 5 nitrogen and oxygen atoms in total. The average molecular weight is 221 g/mol. The maximum absolute atomic E-state index is 11.7. The minimum atomic E-state index is -0.436. The number of carbonyl (C=O) groups is 1. The van der Waals surface area contributed by atoms with Gasteiger partial charge in [-0.3, -0.25) is 9.78 Å². The third-order valence-corrected chi connectivity index (χ3v) is 2.84. The summed E-state index contributed by atoms with van der Waals surface area (Å²) >= 11 is 0. The molecule has 0 spiro atoms. The Bertz CT molecular complexity index is 356. The number of aromatic nitrogens is 2. The van der Waals surface area contributed by atoms with E-state index in [1.165, 1.54) is 18.6 Å². The van der Waals surface area contributed by atoms with Crippen LogP contribution in [0, 0.1) is 0 Å². The molecule has 1 amide bonds. The van der Waals surface area contributed by atoms with Gasteiger partial charge in [-0.25, -0.2) is 4.98 Å². The van der Waals surface area contributed by atoms with E-state index >= 15 is 0 Å². The Morgan fingerprint density at radius 3 is 2.88 bits per heavy atom. The van der Waals surface area contributed by atoms with Crippen molar-refractivity contribution in [3.63, 3.8) is 0 Å². The minimum Gasteiger partial charge on any atom is -0.391 e. The van der Waals surface area contributed by atoms with Crippen molar-refractivity contribution < 1.29 is 9.90 Å². The van der Waals surface area contributed by atoms with Crippen LogP contribution in [0.1, 0.15) is 36.2 Å². The van der Waals surface area contributed by atoms with E-state index in [0.29, 0.717) is 5.69 Å². The van der Waals surface area contributed by atoms with Gasteiger partial charge in [0.1, 0.15) is 5.69 Å². The topological polar surface area (TPSA) is 75.1 Å². The van der Waals surface area contributed by atoms with Gasteiger partial charge in [0.2, 0.25) is 0 Å². The molecular formula is C11H15N3O2. The van der Waals surface area contributed by atoms with Gasteiger partial charge in [0.15, 0.2) is 0 Å². The molecule has 1 saturated carbocycles. The highest BCUT2D eigenvalue weighted by molar-refractivity contribution is 5.92. The van der Waals surface area contributed by atoms with Crippen molar-refractivity contribution in [3.8, 4) is 0 Å². The van der Waals surface area contributed by atoms with E-state index in [2.05, 4.69) is 15.3 Å². The Hall–Kier alpha value is -1.49. The van der Waals surface area contributed by atoms with Crippen molar-refractivity contribution in [1.29, 1.82) is 0 Å². The Morgan fingerprint density at radius 1 is 1.38 bits per heavy atom. The molecule has 2 rings (SSSR count). The minimum absolute atomic E-state index is 0.150. The Kier molecular flexibility index (Phi) is 3.46. The summed E-state index contributed by atoms with van der Waals surface area (Å²) in [6.07, 6.45) is 7.64. The van der Waals surface area contributed by atoms with E-state index < -0.39 is 6.10 Å². The van der Waals surface area contributed by atoms with E-state index in [9.17, 15) is 9.90 Å². The van der Waals surface area contributed by atoms with Crippen LogP contribution in [0.15, 0.2) is 18.6 Å². The zero-order valence-corrected chi connectivity index (χ0v) is 8.97. The van der Waals surface area contributed by atoms with Crippen LogP contribution in [0.25, 0.3) is 0 Å². The number of aliphatic hydroxyl groups is 1. The van der Waals surface area contributed by atoms with Gasteiger partial charge in [-0.15, -0.1) is 0 Å². The van der Waals surface area contributed by atoms with Crippen LogP contribution in [-0.4, -0.2) is 33.1 Å². The van der Waals surface area contributed by atoms with Crippen molar-refractivity contribution in [3.05, 3.63) is 24.3 Å². The molecule has 1 aromatic rings. The molecule has 0 bridgehead atoms. The first kappa shape index (κ1) is 11.0. The summed E-state index contributed by atoms with van der Waals surface area (Å²) in [4.78, 5) is 19.5. The van der Waals surface area contributed by atoms with Crippen LogP contribution in [-0.2, 0) is 0 Å². The number of aliphatic hydroxyl groups excluding tert-OH is 1. The quantitative estimate of drug-likeness (QED) is 0.763. The number of nitrogens with one attached hydrogen (secondary N) is 1. The summed E-state index contributed by atoms with van der Waals surface area (Å²) in [7, 11) is 0. The summed E-state index contributed by atoms with van der Waals surface area (Å²) in [5, 5.41) is 12.5. The predicted octanol–water partition coefficient (Wildman–Crippen LogP) is 0.510. The van der Waals surface area contributed by atoms with Gasteiger partial charge >= 0.3 is 0 Å². The van der Waals surface area contributed by atoms with Gasteiger partial charge in [-0.05, 0) is 12.8 Å². The second-order valence-corrected chi connectivity index (χ2v) is 4.02. The summed E-state index contributed by atoms with van der Waals surface area (Å²) in [5.41, 5.74) is 0.292. The standard InChI is InChI=1S/C11H15N3O2/c15-10-4-2-1-3-8(10)14-11(16)9-7-12-5-6-13-9/h5-8,10,15H,1-4H2,(H,14,16)/t8-,10-/m1/s1. The zero-order valence-electron chi connectivity index (χ0n) is 8.97. The smallest absolute Gasteiger partial charge is 0.271 e. The van der Waals surface area contributed by atoms with Gasteiger partial charge < -0.3 is 10.4 Å². The molecule has 86 valence electrons. The second kappa shape index (κ2) is 5.03. The van der Waals surface area contributed by atoms with Gasteiger partial charge in [0.25, 0.3) is 5.91 Å². The molecule has 1 fully saturated rings. The maximum Gasteiger partial charge on any atom is 0.271 e. The monoisotopic (exact) mass is 221 g/mol. The molecule has 0 radical (unpaired) electrons. The highest BCUT2D eigenvalue weighted by Gasteiger charge is 2.25. The van der Waals surface area contributed by atoms with Crippen LogP contribution in [0.4, 0.5) is 0 Å². The molecule has 5 heteroatoms. The second-order valence-electron chi connectivity index (χ2n) is 4.02. The third-order valence-electron chi connectivity index (χ3n) is 2.84. The lowest BCUT2D eigenvalue weighted by atomic mass is 9.92. The van der Waals surface area contributed by atoms with Gasteiger partial charge in [-0.1, -0.05) is 12.8 Å². The van der Waals surface area contributed by atoms with Gasteiger partial charge in [-0.2, -0.15) is 0 Å². The molecule has 1 aliphatic carbocycles. The van der Waals surface area contributed by atoms with Crippen molar-refractivity contribution in [2.75, 3.05) is 0 Å². The molecule has 0 unspecified atom stereocenters. The van der Waals surface area contributed by atoms with E-state index in [-0.39, 0.29) is 11.9 Å². The lowest BCUT2D eigenvalue weighted by Crippen LogP contribution is -2.45. The molecule has 2 atom stereocenters. The van der Waals surface area contributed by atoms with Crippen LogP contribution < -0.4 is 5.32 Å². The molecule has 1 aliphatic rings. The maximum atomic E-state index is 11.7. The van der Waals surface area contributed by atoms with E-state index in [0.717, 1.165) is 25.7 Å². The largest absolute Gasteiger partial charge is 0.391 e. The molecule has 1 heterocycles. The average Bonchev–Trinajstić information content (AvgIpc) is 2.33. The lowest BCUT2D eigenvalue weighted by molar-refractivity contribution is 0.0713. The highest BCUT2D eigenvalue weighted by Crippen LogP contribution is 2.18. The lowest BCUT2D eigenvalue weighted by Gasteiger charge is -2.28. The van der Waals surface area contributed by atoms with Crippen LogP contribution >= 0.6 is 0 Å². The van der Waals surface area contributed by atoms with Crippen LogP contribution in [0.2, 0.25) is 0 Å². The molecule has 0 saturated heterocycles. The first-order chi connectivity index (χ1) is 7.77.